The zero-order chi connectivity index (χ0) is 16.4. The zero-order valence-electron chi connectivity index (χ0n) is 12.7. The van der Waals surface area contributed by atoms with Gasteiger partial charge in [0.15, 0.2) is 0 Å². The summed E-state index contributed by atoms with van der Waals surface area (Å²) in [5.41, 5.74) is 1.60. The van der Waals surface area contributed by atoms with Crippen LogP contribution in [0.5, 0.6) is 0 Å². The Labute approximate surface area is 144 Å². The summed E-state index contributed by atoms with van der Waals surface area (Å²) < 4.78 is 0.565. The van der Waals surface area contributed by atoms with Gasteiger partial charge in [0.05, 0.1) is 17.6 Å². The molecule has 1 fully saturated rings. The Morgan fingerprint density at radius 2 is 2.04 bits per heavy atom. The molecule has 6 heteroatoms. The normalized spacial score (nSPS) is 21.3. The molecule has 4 nitrogen and oxygen atoms in total. The average Bonchev–Trinajstić information content (AvgIpc) is 2.95. The minimum absolute atomic E-state index is 0.0662. The number of piperidine rings is 1. The summed E-state index contributed by atoms with van der Waals surface area (Å²) in [6.07, 6.45) is 0.922. The highest BCUT2D eigenvalue weighted by molar-refractivity contribution is 7.15. The van der Waals surface area contributed by atoms with Crippen molar-refractivity contribution < 1.29 is 9.59 Å². The first-order valence-electron chi connectivity index (χ1n) is 7.42. The van der Waals surface area contributed by atoms with Gasteiger partial charge in [-0.15, -0.1) is 11.3 Å². The third-order valence-corrected chi connectivity index (χ3v) is 5.38. The molecular formula is C17H17ClN2O2S. The molecule has 120 valence electrons. The van der Waals surface area contributed by atoms with Crippen molar-refractivity contribution in [3.8, 4) is 0 Å². The lowest BCUT2D eigenvalue weighted by Crippen LogP contribution is -2.44. The highest BCUT2D eigenvalue weighted by atomic mass is 35.5. The quantitative estimate of drug-likeness (QED) is 0.913. The third-order valence-electron chi connectivity index (χ3n) is 4.21. The Hall–Kier alpha value is -1.85. The van der Waals surface area contributed by atoms with Crippen LogP contribution in [0.25, 0.3) is 0 Å². The molecule has 2 heterocycles. The molecule has 0 radical (unpaired) electrons. The molecule has 3 rings (SSSR count). The molecule has 2 atom stereocenters. The van der Waals surface area contributed by atoms with Crippen molar-refractivity contribution in [2.24, 2.45) is 5.92 Å². The van der Waals surface area contributed by atoms with E-state index in [-0.39, 0.29) is 23.8 Å². The summed E-state index contributed by atoms with van der Waals surface area (Å²) in [6, 6.07) is 11.2. The van der Waals surface area contributed by atoms with E-state index in [2.05, 4.69) is 5.32 Å². The molecule has 0 spiro atoms. The lowest BCUT2D eigenvalue weighted by Gasteiger charge is -2.38. The van der Waals surface area contributed by atoms with E-state index in [4.69, 9.17) is 11.6 Å². The van der Waals surface area contributed by atoms with E-state index in [0.717, 1.165) is 5.56 Å². The van der Waals surface area contributed by atoms with Crippen LogP contribution in [0.15, 0.2) is 41.8 Å². The third kappa shape index (κ3) is 3.26. The Balaban J connectivity index is 1.87. The van der Waals surface area contributed by atoms with Gasteiger partial charge in [-0.3, -0.25) is 9.59 Å². The van der Waals surface area contributed by atoms with Gasteiger partial charge in [-0.2, -0.15) is 0 Å². The molecule has 1 aliphatic heterocycles. The van der Waals surface area contributed by atoms with Crippen molar-refractivity contribution in [3.63, 3.8) is 0 Å². The maximum absolute atomic E-state index is 12.8. The van der Waals surface area contributed by atoms with Crippen LogP contribution in [-0.2, 0) is 9.59 Å². The number of carbonyl (C=O) groups is 2. The number of hydrogen-bond acceptors (Lipinski definition) is 3. The lowest BCUT2D eigenvalue weighted by atomic mass is 9.84. The van der Waals surface area contributed by atoms with E-state index in [1.165, 1.54) is 11.3 Å². The minimum Gasteiger partial charge on any atom is -0.338 e. The molecule has 0 bridgehead atoms. The smallest absolute Gasteiger partial charge is 0.229 e. The van der Waals surface area contributed by atoms with Crippen LogP contribution in [0.4, 0.5) is 5.69 Å². The topological polar surface area (TPSA) is 49.4 Å². The summed E-state index contributed by atoms with van der Waals surface area (Å²) in [5.74, 6) is -0.328. The van der Waals surface area contributed by atoms with Gasteiger partial charge in [-0.05, 0) is 23.4 Å². The Kier molecular flexibility index (Phi) is 4.68. The van der Waals surface area contributed by atoms with Gasteiger partial charge < -0.3 is 10.2 Å². The van der Waals surface area contributed by atoms with Crippen molar-refractivity contribution >= 4 is 40.4 Å². The highest BCUT2D eigenvalue weighted by Crippen LogP contribution is 2.37. The number of anilines is 1. The molecule has 1 aliphatic rings. The minimum atomic E-state index is -0.295. The summed E-state index contributed by atoms with van der Waals surface area (Å²) in [7, 11) is 1.76. The molecule has 1 N–H and O–H groups in total. The summed E-state index contributed by atoms with van der Waals surface area (Å²) in [4.78, 5) is 26.5. The fourth-order valence-corrected chi connectivity index (χ4v) is 3.86. The number of halogens is 1. The zero-order valence-corrected chi connectivity index (χ0v) is 14.2. The van der Waals surface area contributed by atoms with E-state index < -0.39 is 0 Å². The Morgan fingerprint density at radius 3 is 2.70 bits per heavy atom. The monoisotopic (exact) mass is 348 g/mol. The van der Waals surface area contributed by atoms with Crippen molar-refractivity contribution in [2.45, 2.75) is 18.9 Å². The maximum Gasteiger partial charge on any atom is 0.229 e. The van der Waals surface area contributed by atoms with Crippen molar-refractivity contribution in [1.29, 1.82) is 0 Å². The van der Waals surface area contributed by atoms with Gasteiger partial charge >= 0.3 is 0 Å². The molecule has 2 aromatic rings. The number of thiophene rings is 1. The van der Waals surface area contributed by atoms with E-state index in [1.54, 1.807) is 18.0 Å². The fraction of sp³-hybridized carbons (Fsp3) is 0.294. The molecule has 0 aliphatic carbocycles. The number of nitrogens with one attached hydrogen (secondary N) is 1. The number of hydrogen-bond donors (Lipinski definition) is 1. The van der Waals surface area contributed by atoms with Crippen LogP contribution >= 0.6 is 22.9 Å². The van der Waals surface area contributed by atoms with Crippen LogP contribution in [0.1, 0.15) is 24.4 Å². The predicted octanol–water partition coefficient (Wildman–Crippen LogP) is 3.95. The van der Waals surface area contributed by atoms with E-state index in [0.29, 0.717) is 22.9 Å². The van der Waals surface area contributed by atoms with E-state index in [9.17, 15) is 9.59 Å². The summed E-state index contributed by atoms with van der Waals surface area (Å²) in [5, 5.41) is 4.73. The Morgan fingerprint density at radius 1 is 1.30 bits per heavy atom. The second-order valence-corrected chi connectivity index (χ2v) is 7.12. The van der Waals surface area contributed by atoms with E-state index in [1.807, 2.05) is 35.7 Å². The molecule has 1 saturated heterocycles. The van der Waals surface area contributed by atoms with Crippen molar-refractivity contribution in [2.75, 3.05) is 12.4 Å². The maximum atomic E-state index is 12.8. The molecule has 0 unspecified atom stereocenters. The Bertz CT molecular complexity index is 716. The highest BCUT2D eigenvalue weighted by Gasteiger charge is 2.38. The van der Waals surface area contributed by atoms with E-state index >= 15 is 0 Å². The summed E-state index contributed by atoms with van der Waals surface area (Å²) in [6.45, 7) is 0. The molecule has 1 aromatic carbocycles. The van der Waals surface area contributed by atoms with Crippen LogP contribution in [0.3, 0.4) is 0 Å². The van der Waals surface area contributed by atoms with Crippen LogP contribution in [-0.4, -0.2) is 23.8 Å². The van der Waals surface area contributed by atoms with Crippen molar-refractivity contribution in [1.82, 2.24) is 4.90 Å². The van der Waals surface area contributed by atoms with Crippen molar-refractivity contribution in [3.05, 3.63) is 51.7 Å². The number of nitrogens with zero attached hydrogens (tertiary/aromatic N) is 1. The number of carbonyl (C=O) groups excluding carboxylic acids is 2. The molecule has 23 heavy (non-hydrogen) atoms. The SMILES string of the molecule is CN1C(=O)CC[C@@H](C(=O)Nc2ccsc2Cl)[C@@H]1c1ccccc1. The first kappa shape index (κ1) is 16.0. The van der Waals surface area contributed by atoms with Gasteiger partial charge in [0.25, 0.3) is 0 Å². The standard InChI is InChI=1S/C17H17ClN2O2S/c1-20-14(21)8-7-12(15(20)11-5-3-2-4-6-11)17(22)19-13-9-10-23-16(13)18/h2-6,9-10,12,15H,7-8H2,1H3,(H,19,22)/t12-,15+/m1/s1. The molecule has 2 amide bonds. The van der Waals surface area contributed by atoms with Gasteiger partial charge in [-0.25, -0.2) is 0 Å². The number of benzene rings is 1. The van der Waals surface area contributed by atoms with Crippen LogP contribution in [0, 0.1) is 5.92 Å². The second kappa shape index (κ2) is 6.72. The first-order valence-corrected chi connectivity index (χ1v) is 8.68. The predicted molar refractivity (Wildman–Crippen MR) is 92.6 cm³/mol. The fourth-order valence-electron chi connectivity index (χ4n) is 3.03. The number of amides is 2. The molecular weight excluding hydrogens is 332 g/mol. The lowest BCUT2D eigenvalue weighted by molar-refractivity contribution is -0.140. The summed E-state index contributed by atoms with van der Waals surface area (Å²) >= 11 is 7.44. The number of rotatable bonds is 3. The molecule has 1 aromatic heterocycles. The van der Waals surface area contributed by atoms with Gasteiger partial charge in [0, 0.05) is 13.5 Å². The van der Waals surface area contributed by atoms with Gasteiger partial charge in [0.1, 0.15) is 4.34 Å². The van der Waals surface area contributed by atoms with Gasteiger partial charge in [-0.1, -0.05) is 41.9 Å². The van der Waals surface area contributed by atoms with Crippen LogP contribution < -0.4 is 5.32 Å². The largest absolute Gasteiger partial charge is 0.338 e. The first-order chi connectivity index (χ1) is 11.1. The number of likely N-dealkylation sites (tertiary alicyclic amines) is 1. The van der Waals surface area contributed by atoms with Gasteiger partial charge in [0.2, 0.25) is 11.8 Å². The van der Waals surface area contributed by atoms with Crippen LogP contribution in [0.2, 0.25) is 4.34 Å². The molecule has 0 saturated carbocycles. The second-order valence-electron chi connectivity index (χ2n) is 5.60. The average molecular weight is 349 g/mol.